The third kappa shape index (κ3) is 1.11. The minimum atomic E-state index is -2.97. The van der Waals surface area contributed by atoms with Crippen LogP contribution in [0.5, 0.6) is 0 Å². The largest absolute Gasteiger partial charge is 0.391 e. The van der Waals surface area contributed by atoms with Gasteiger partial charge < -0.3 is 9.94 Å². The highest BCUT2D eigenvalue weighted by molar-refractivity contribution is 7.91. The van der Waals surface area contributed by atoms with Crippen molar-refractivity contribution in [2.45, 2.75) is 6.10 Å². The lowest BCUT2D eigenvalue weighted by Crippen LogP contribution is -2.23. The van der Waals surface area contributed by atoms with Crippen molar-refractivity contribution in [2.24, 2.45) is 11.1 Å². The third-order valence-electron chi connectivity index (χ3n) is 2.20. The summed E-state index contributed by atoms with van der Waals surface area (Å²) in [7, 11) is -2.97. The molecule has 2 aliphatic rings. The highest BCUT2D eigenvalue weighted by atomic mass is 32.2. The summed E-state index contributed by atoms with van der Waals surface area (Å²) in [6.07, 6.45) is -0.350. The van der Waals surface area contributed by atoms with E-state index in [9.17, 15) is 8.42 Å². The summed E-state index contributed by atoms with van der Waals surface area (Å²) in [6, 6.07) is 0. The molecule has 2 aliphatic heterocycles. The monoisotopic (exact) mass is 191 g/mol. The standard InChI is InChI=1S/C6H9NO4S/c8-1-5-4-2-12(9,10)3-6(4)11-7-5/h4,6,8H,1-3H2/t4-,6-/m0/s1. The molecule has 0 aromatic rings. The summed E-state index contributed by atoms with van der Waals surface area (Å²) in [6.45, 7) is -0.212. The number of aliphatic hydroxyl groups excluding tert-OH is 1. The fourth-order valence-corrected chi connectivity index (χ4v) is 3.46. The average molecular weight is 191 g/mol. The van der Waals surface area contributed by atoms with Crippen molar-refractivity contribution in [2.75, 3.05) is 18.1 Å². The Morgan fingerprint density at radius 3 is 3.00 bits per heavy atom. The third-order valence-corrected chi connectivity index (χ3v) is 3.90. The fourth-order valence-electron chi connectivity index (χ4n) is 1.58. The number of rotatable bonds is 1. The molecule has 0 bridgehead atoms. The van der Waals surface area contributed by atoms with E-state index in [1.54, 1.807) is 0 Å². The Bertz CT molecular complexity index is 320. The number of aliphatic hydroxyl groups is 1. The molecule has 0 radical (unpaired) electrons. The van der Waals surface area contributed by atoms with Gasteiger partial charge in [0.15, 0.2) is 15.9 Å². The second kappa shape index (κ2) is 2.43. The lowest BCUT2D eigenvalue weighted by molar-refractivity contribution is 0.0882. The lowest BCUT2D eigenvalue weighted by Gasteiger charge is -2.03. The molecule has 0 saturated carbocycles. The zero-order valence-electron chi connectivity index (χ0n) is 6.30. The van der Waals surface area contributed by atoms with E-state index >= 15 is 0 Å². The predicted molar refractivity (Wildman–Crippen MR) is 41.5 cm³/mol. The van der Waals surface area contributed by atoms with Crippen LogP contribution < -0.4 is 0 Å². The predicted octanol–water partition coefficient (Wildman–Crippen LogP) is -1.22. The molecule has 2 atom stereocenters. The molecule has 2 heterocycles. The molecule has 0 aliphatic carbocycles. The first-order valence-corrected chi connectivity index (χ1v) is 5.48. The Morgan fingerprint density at radius 2 is 2.33 bits per heavy atom. The minimum absolute atomic E-state index is 0.0324. The summed E-state index contributed by atoms with van der Waals surface area (Å²) in [5.41, 5.74) is 0.459. The summed E-state index contributed by atoms with van der Waals surface area (Å²) in [5.74, 6) is -0.109. The van der Waals surface area contributed by atoms with E-state index in [0.29, 0.717) is 5.71 Å². The van der Waals surface area contributed by atoms with Gasteiger partial charge in [-0.05, 0) is 0 Å². The van der Waals surface area contributed by atoms with Gasteiger partial charge >= 0.3 is 0 Å². The quantitative estimate of drug-likeness (QED) is 0.563. The van der Waals surface area contributed by atoms with Crippen LogP contribution in [-0.2, 0) is 14.7 Å². The zero-order valence-corrected chi connectivity index (χ0v) is 7.12. The first-order chi connectivity index (χ1) is 5.62. The van der Waals surface area contributed by atoms with E-state index in [1.807, 2.05) is 0 Å². The molecule has 0 spiro atoms. The average Bonchev–Trinajstić information content (AvgIpc) is 2.42. The first-order valence-electron chi connectivity index (χ1n) is 3.66. The van der Waals surface area contributed by atoms with Crippen LogP contribution in [0.2, 0.25) is 0 Å². The van der Waals surface area contributed by atoms with Gasteiger partial charge in [0.05, 0.1) is 29.7 Å². The normalized spacial score (nSPS) is 37.2. The molecule has 1 N–H and O–H groups in total. The summed E-state index contributed by atoms with van der Waals surface area (Å²) in [4.78, 5) is 4.86. The smallest absolute Gasteiger partial charge is 0.154 e. The fraction of sp³-hybridized carbons (Fsp3) is 0.833. The van der Waals surface area contributed by atoms with Gasteiger partial charge in [-0.25, -0.2) is 8.42 Å². The number of fused-ring (bicyclic) bond motifs is 1. The van der Waals surface area contributed by atoms with Gasteiger partial charge in [0.1, 0.15) is 0 Å². The Morgan fingerprint density at radius 1 is 1.58 bits per heavy atom. The van der Waals surface area contributed by atoms with Crippen molar-refractivity contribution in [1.82, 2.24) is 0 Å². The first kappa shape index (κ1) is 8.00. The minimum Gasteiger partial charge on any atom is -0.391 e. The SMILES string of the molecule is O=S1(=O)C[C@@H]2ON=C(CO)[C@@H]2C1. The van der Waals surface area contributed by atoms with Crippen molar-refractivity contribution < 1.29 is 18.4 Å². The molecule has 1 saturated heterocycles. The summed E-state index contributed by atoms with van der Waals surface area (Å²) >= 11 is 0. The molecule has 0 unspecified atom stereocenters. The maximum atomic E-state index is 11.1. The highest BCUT2D eigenvalue weighted by Gasteiger charge is 2.45. The van der Waals surface area contributed by atoms with Gasteiger partial charge in [-0.2, -0.15) is 0 Å². The van der Waals surface area contributed by atoms with Crippen molar-refractivity contribution in [3.63, 3.8) is 0 Å². The maximum absolute atomic E-state index is 11.1. The Hall–Kier alpha value is -0.620. The Labute approximate surface area is 69.9 Å². The Kier molecular flexibility index (Phi) is 1.62. The topological polar surface area (TPSA) is 76.0 Å². The van der Waals surface area contributed by atoms with Gasteiger partial charge in [-0.1, -0.05) is 5.16 Å². The van der Waals surface area contributed by atoms with Crippen LogP contribution in [-0.4, -0.2) is 43.5 Å². The molecule has 1 fully saturated rings. The van der Waals surface area contributed by atoms with Crippen LogP contribution in [0, 0.1) is 5.92 Å². The molecule has 5 nitrogen and oxygen atoms in total. The van der Waals surface area contributed by atoms with Crippen LogP contribution in [0.4, 0.5) is 0 Å². The molecule has 12 heavy (non-hydrogen) atoms. The van der Waals surface area contributed by atoms with Crippen molar-refractivity contribution >= 4 is 15.5 Å². The van der Waals surface area contributed by atoms with Gasteiger partial charge in [-0.15, -0.1) is 0 Å². The second-order valence-corrected chi connectivity index (χ2v) is 5.22. The van der Waals surface area contributed by atoms with Crippen LogP contribution in [0.15, 0.2) is 5.16 Å². The maximum Gasteiger partial charge on any atom is 0.154 e. The highest BCUT2D eigenvalue weighted by Crippen LogP contribution is 2.28. The molecule has 0 aromatic heterocycles. The molecule has 68 valence electrons. The van der Waals surface area contributed by atoms with Crippen molar-refractivity contribution in [3.05, 3.63) is 0 Å². The van der Waals surface area contributed by atoms with Crippen LogP contribution >= 0.6 is 0 Å². The van der Waals surface area contributed by atoms with Crippen LogP contribution in [0.3, 0.4) is 0 Å². The molecular formula is C6H9NO4S. The van der Waals surface area contributed by atoms with Gasteiger partial charge in [0.2, 0.25) is 0 Å². The number of nitrogens with zero attached hydrogens (tertiary/aromatic N) is 1. The molecular weight excluding hydrogens is 182 g/mol. The van der Waals surface area contributed by atoms with E-state index in [1.165, 1.54) is 0 Å². The van der Waals surface area contributed by atoms with Crippen molar-refractivity contribution in [1.29, 1.82) is 0 Å². The zero-order chi connectivity index (χ0) is 8.77. The van der Waals surface area contributed by atoms with E-state index < -0.39 is 9.84 Å². The second-order valence-electron chi connectivity index (χ2n) is 3.07. The van der Waals surface area contributed by atoms with Crippen LogP contribution in [0.25, 0.3) is 0 Å². The van der Waals surface area contributed by atoms with E-state index in [-0.39, 0.29) is 30.1 Å². The van der Waals surface area contributed by atoms with Gasteiger partial charge in [0, 0.05) is 0 Å². The van der Waals surface area contributed by atoms with Crippen molar-refractivity contribution in [3.8, 4) is 0 Å². The summed E-state index contributed by atoms with van der Waals surface area (Å²) < 4.78 is 22.2. The Balaban J connectivity index is 2.23. The van der Waals surface area contributed by atoms with Gasteiger partial charge in [0.25, 0.3) is 0 Å². The lowest BCUT2D eigenvalue weighted by atomic mass is 10.0. The van der Waals surface area contributed by atoms with E-state index in [0.717, 1.165) is 0 Å². The van der Waals surface area contributed by atoms with E-state index in [4.69, 9.17) is 9.94 Å². The summed E-state index contributed by atoms with van der Waals surface area (Å²) in [5, 5.41) is 12.4. The number of hydrogen-bond acceptors (Lipinski definition) is 5. The molecule has 6 heteroatoms. The number of oxime groups is 1. The van der Waals surface area contributed by atoms with Gasteiger partial charge in [-0.3, -0.25) is 0 Å². The van der Waals surface area contributed by atoms with Crippen LogP contribution in [0.1, 0.15) is 0 Å². The number of sulfone groups is 1. The number of hydrogen-bond donors (Lipinski definition) is 1. The molecule has 0 aromatic carbocycles. The molecule has 0 amide bonds. The molecule has 2 rings (SSSR count). The van der Waals surface area contributed by atoms with E-state index in [2.05, 4.69) is 5.16 Å².